The number of carbonyl (C=O) groups excluding carboxylic acids is 1. The Bertz CT molecular complexity index is 1130. The Morgan fingerprint density at radius 2 is 1.86 bits per heavy atom. The molecule has 4 aromatic rings. The average Bonchev–Trinajstić information content (AvgIpc) is 3.41. The zero-order chi connectivity index (χ0) is 19.8. The molecule has 1 fully saturated rings. The van der Waals surface area contributed by atoms with Crippen LogP contribution < -0.4 is 0 Å². The lowest BCUT2D eigenvalue weighted by Crippen LogP contribution is -2.38. The average molecular weight is 468 g/mol. The Balaban J connectivity index is 1.26. The molecule has 2 aromatic heterocycles. The lowest BCUT2D eigenvalue weighted by Gasteiger charge is -2.30. The molecule has 0 unspecified atom stereocenters. The zero-order valence-corrected chi connectivity index (χ0v) is 17.9. The summed E-state index contributed by atoms with van der Waals surface area (Å²) in [4.78, 5) is 19.5. The third-order valence-electron chi connectivity index (χ3n) is 5.30. The maximum Gasteiger partial charge on any atom is 0.276 e. The molecule has 3 heterocycles. The summed E-state index contributed by atoms with van der Waals surface area (Å²) in [5, 5.41) is 5.19. The van der Waals surface area contributed by atoms with Gasteiger partial charge >= 0.3 is 0 Å². The number of nitrogens with zero attached hydrogens (tertiary/aromatic N) is 3. The van der Waals surface area contributed by atoms with E-state index in [9.17, 15) is 4.79 Å². The van der Waals surface area contributed by atoms with E-state index in [-0.39, 0.29) is 5.91 Å². The summed E-state index contributed by atoms with van der Waals surface area (Å²) in [5.41, 5.74) is 2.32. The van der Waals surface area contributed by atoms with Gasteiger partial charge in [-0.2, -0.15) is 0 Å². The number of para-hydroxylation sites is 1. The van der Waals surface area contributed by atoms with Crippen molar-refractivity contribution >= 4 is 43.4 Å². The Kier molecular flexibility index (Phi) is 4.93. The van der Waals surface area contributed by atoms with Crippen molar-refractivity contribution in [3.05, 3.63) is 69.8 Å². The molecule has 146 valence electrons. The predicted molar refractivity (Wildman–Crippen MR) is 117 cm³/mol. The van der Waals surface area contributed by atoms with Crippen LogP contribution in [0.15, 0.2) is 63.6 Å². The molecule has 1 aliphatic heterocycles. The van der Waals surface area contributed by atoms with Gasteiger partial charge < -0.3 is 9.42 Å². The third kappa shape index (κ3) is 3.72. The van der Waals surface area contributed by atoms with Gasteiger partial charge in [0.2, 0.25) is 0 Å². The van der Waals surface area contributed by atoms with Crippen molar-refractivity contribution in [1.29, 1.82) is 0 Å². The molecule has 2 aromatic carbocycles. The monoisotopic (exact) mass is 467 g/mol. The van der Waals surface area contributed by atoms with Crippen molar-refractivity contribution in [2.24, 2.45) is 0 Å². The number of likely N-dealkylation sites (tertiary alicyclic amines) is 1. The molecule has 5 nitrogen and oxygen atoms in total. The Labute approximate surface area is 180 Å². The van der Waals surface area contributed by atoms with Crippen LogP contribution in [0.4, 0.5) is 0 Å². The number of carbonyl (C=O) groups is 1. The summed E-state index contributed by atoms with van der Waals surface area (Å²) in [6.07, 6.45) is 1.84. The molecule has 1 amide bonds. The second-order valence-corrected chi connectivity index (χ2v) is 9.15. The second-order valence-electron chi connectivity index (χ2n) is 7.17. The quantitative estimate of drug-likeness (QED) is 0.385. The molecule has 0 saturated carbocycles. The van der Waals surface area contributed by atoms with Gasteiger partial charge in [0.1, 0.15) is 0 Å². The number of thiazole rings is 1. The number of fused-ring (bicyclic) bond motifs is 1. The van der Waals surface area contributed by atoms with E-state index in [1.54, 1.807) is 17.4 Å². The normalized spacial score (nSPS) is 15.1. The molecule has 1 aliphatic rings. The van der Waals surface area contributed by atoms with E-state index >= 15 is 0 Å². The minimum absolute atomic E-state index is 0.0696. The van der Waals surface area contributed by atoms with Gasteiger partial charge in [0.05, 0.1) is 15.2 Å². The smallest absolute Gasteiger partial charge is 0.276 e. The van der Waals surface area contributed by atoms with Crippen molar-refractivity contribution in [3.8, 4) is 11.3 Å². The lowest BCUT2D eigenvalue weighted by molar-refractivity contribution is 0.0702. The minimum atomic E-state index is -0.0696. The summed E-state index contributed by atoms with van der Waals surface area (Å²) >= 11 is 5.19. The number of hydrogen-bond acceptors (Lipinski definition) is 5. The number of halogens is 1. The summed E-state index contributed by atoms with van der Waals surface area (Å²) in [6.45, 7) is 1.42. The second kappa shape index (κ2) is 7.72. The van der Waals surface area contributed by atoms with Gasteiger partial charge in [-0.15, -0.1) is 11.3 Å². The fourth-order valence-corrected chi connectivity index (χ4v) is 5.08. The van der Waals surface area contributed by atoms with Crippen LogP contribution in [0.2, 0.25) is 0 Å². The number of benzene rings is 2. The number of hydrogen-bond donors (Lipinski definition) is 0. The predicted octanol–water partition coefficient (Wildman–Crippen LogP) is 5.73. The number of piperidine rings is 1. The number of amides is 1. The minimum Gasteiger partial charge on any atom is -0.355 e. The number of rotatable bonds is 3. The maximum atomic E-state index is 12.9. The van der Waals surface area contributed by atoms with Crippen LogP contribution in [-0.2, 0) is 0 Å². The lowest BCUT2D eigenvalue weighted by atomic mass is 9.97. The molecule has 0 aliphatic carbocycles. The Hall–Kier alpha value is -2.51. The van der Waals surface area contributed by atoms with E-state index in [4.69, 9.17) is 9.51 Å². The molecular formula is C22H18BrN3O2S. The highest BCUT2D eigenvalue weighted by molar-refractivity contribution is 9.10. The summed E-state index contributed by atoms with van der Waals surface area (Å²) in [7, 11) is 0. The van der Waals surface area contributed by atoms with Gasteiger partial charge in [-0.1, -0.05) is 45.4 Å². The SMILES string of the molecule is O=C(c1cc(-c2ccc(Br)cc2)on1)N1CCC(c2nc3ccccc3s2)CC1. The van der Waals surface area contributed by atoms with Gasteiger partial charge in [0.15, 0.2) is 11.5 Å². The molecule has 5 rings (SSSR count). The van der Waals surface area contributed by atoms with Crippen LogP contribution in [0, 0.1) is 0 Å². The van der Waals surface area contributed by atoms with E-state index in [1.165, 1.54) is 9.71 Å². The molecule has 29 heavy (non-hydrogen) atoms. The molecule has 0 N–H and O–H groups in total. The maximum absolute atomic E-state index is 12.9. The largest absolute Gasteiger partial charge is 0.355 e. The summed E-state index contributed by atoms with van der Waals surface area (Å²) < 4.78 is 7.63. The standard InChI is InChI=1S/C22H18BrN3O2S/c23-16-7-5-14(6-8-16)19-13-18(25-28-19)22(27)26-11-9-15(10-12-26)21-24-17-3-1-2-4-20(17)29-21/h1-8,13,15H,9-12H2. The Morgan fingerprint density at radius 1 is 1.10 bits per heavy atom. The van der Waals surface area contributed by atoms with Gasteiger partial charge in [-0.3, -0.25) is 4.79 Å². The van der Waals surface area contributed by atoms with E-state index < -0.39 is 0 Å². The van der Waals surface area contributed by atoms with Crippen molar-refractivity contribution in [1.82, 2.24) is 15.0 Å². The van der Waals surface area contributed by atoms with E-state index in [0.717, 1.165) is 28.4 Å². The van der Waals surface area contributed by atoms with Gasteiger partial charge in [0, 0.05) is 35.1 Å². The van der Waals surface area contributed by atoms with Crippen molar-refractivity contribution in [2.45, 2.75) is 18.8 Å². The molecule has 0 bridgehead atoms. The van der Waals surface area contributed by atoms with E-state index in [0.29, 0.717) is 30.5 Å². The first-order valence-electron chi connectivity index (χ1n) is 9.55. The summed E-state index contributed by atoms with van der Waals surface area (Å²) in [6, 6.07) is 17.7. The highest BCUT2D eigenvalue weighted by Crippen LogP contribution is 2.34. The van der Waals surface area contributed by atoms with Crippen LogP contribution >= 0.6 is 27.3 Å². The van der Waals surface area contributed by atoms with E-state index in [1.807, 2.05) is 41.3 Å². The molecule has 0 atom stereocenters. The highest BCUT2D eigenvalue weighted by Gasteiger charge is 2.28. The first kappa shape index (κ1) is 18.5. The van der Waals surface area contributed by atoms with Crippen LogP contribution in [0.25, 0.3) is 21.5 Å². The fraction of sp³-hybridized carbons (Fsp3) is 0.227. The zero-order valence-electron chi connectivity index (χ0n) is 15.5. The third-order valence-corrected chi connectivity index (χ3v) is 7.03. The highest BCUT2D eigenvalue weighted by atomic mass is 79.9. The van der Waals surface area contributed by atoms with Gasteiger partial charge in [-0.25, -0.2) is 4.98 Å². The van der Waals surface area contributed by atoms with Crippen LogP contribution in [0.1, 0.15) is 34.3 Å². The molecule has 0 spiro atoms. The summed E-state index contributed by atoms with van der Waals surface area (Å²) in [5.74, 6) is 0.942. The number of aromatic nitrogens is 2. The van der Waals surface area contributed by atoms with Gasteiger partial charge in [-0.05, 0) is 37.1 Å². The molecule has 1 saturated heterocycles. The van der Waals surface area contributed by atoms with Crippen LogP contribution in [0.3, 0.4) is 0 Å². The van der Waals surface area contributed by atoms with Crippen molar-refractivity contribution < 1.29 is 9.32 Å². The molecular weight excluding hydrogens is 450 g/mol. The fourth-order valence-electron chi connectivity index (χ4n) is 3.68. The van der Waals surface area contributed by atoms with Crippen LogP contribution in [0.5, 0.6) is 0 Å². The van der Waals surface area contributed by atoms with Crippen molar-refractivity contribution in [2.75, 3.05) is 13.1 Å². The Morgan fingerprint density at radius 3 is 2.62 bits per heavy atom. The first-order chi connectivity index (χ1) is 14.2. The molecule has 0 radical (unpaired) electrons. The first-order valence-corrected chi connectivity index (χ1v) is 11.2. The van der Waals surface area contributed by atoms with Crippen molar-refractivity contribution in [3.63, 3.8) is 0 Å². The van der Waals surface area contributed by atoms with E-state index in [2.05, 4.69) is 33.2 Å². The van der Waals surface area contributed by atoms with Gasteiger partial charge in [0.25, 0.3) is 5.91 Å². The molecule has 7 heteroatoms. The topological polar surface area (TPSA) is 59.2 Å². The van der Waals surface area contributed by atoms with Crippen LogP contribution in [-0.4, -0.2) is 34.0 Å².